The zero-order valence-electron chi connectivity index (χ0n) is 10.9. The molecule has 0 amide bonds. The molecule has 0 aliphatic rings. The van der Waals surface area contributed by atoms with Crippen LogP contribution in [0, 0.1) is 5.82 Å². The molecule has 17 heavy (non-hydrogen) atoms. The van der Waals surface area contributed by atoms with E-state index >= 15 is 0 Å². The smallest absolute Gasteiger partial charge is 0.123 e. The van der Waals surface area contributed by atoms with Gasteiger partial charge in [0.2, 0.25) is 0 Å². The molecule has 0 saturated carbocycles. The van der Waals surface area contributed by atoms with Gasteiger partial charge in [0.25, 0.3) is 0 Å². The fraction of sp³-hybridized carbons (Fsp3) is 0.538. The summed E-state index contributed by atoms with van der Waals surface area (Å²) in [5.74, 6) is -0.196. The molecule has 3 nitrogen and oxygen atoms in total. The van der Waals surface area contributed by atoms with Gasteiger partial charge in [-0.3, -0.25) is 0 Å². The Morgan fingerprint density at radius 1 is 1.00 bits per heavy atom. The van der Waals surface area contributed by atoms with Crippen LogP contribution >= 0.6 is 0 Å². The van der Waals surface area contributed by atoms with Crippen LogP contribution in [0.4, 0.5) is 10.1 Å². The van der Waals surface area contributed by atoms with E-state index in [0.29, 0.717) is 0 Å². The lowest BCUT2D eigenvalue weighted by Gasteiger charge is -2.19. The predicted octanol–water partition coefficient (Wildman–Crippen LogP) is 1.73. The van der Waals surface area contributed by atoms with Crippen LogP contribution in [0.15, 0.2) is 24.3 Å². The normalized spacial score (nSPS) is 11.2. The molecule has 1 N–H and O–H groups in total. The number of hydrogen-bond donors (Lipinski definition) is 1. The Hall–Kier alpha value is -1.13. The number of halogens is 1. The second-order valence-corrected chi connectivity index (χ2v) is 4.54. The number of hydrogen-bond acceptors (Lipinski definition) is 3. The summed E-state index contributed by atoms with van der Waals surface area (Å²) in [6.45, 7) is 3.96. The third-order valence-electron chi connectivity index (χ3n) is 2.60. The molecule has 0 aliphatic heterocycles. The quantitative estimate of drug-likeness (QED) is 0.782. The summed E-state index contributed by atoms with van der Waals surface area (Å²) in [5, 5.41) is 3.27. The van der Waals surface area contributed by atoms with Gasteiger partial charge in [-0.25, -0.2) is 4.39 Å². The monoisotopic (exact) mass is 239 g/mol. The molecule has 0 aliphatic carbocycles. The third-order valence-corrected chi connectivity index (χ3v) is 2.60. The number of nitrogens with zero attached hydrogens (tertiary/aromatic N) is 2. The summed E-state index contributed by atoms with van der Waals surface area (Å²) in [5.41, 5.74) is 0.965. The highest BCUT2D eigenvalue weighted by Crippen LogP contribution is 2.07. The van der Waals surface area contributed by atoms with Gasteiger partial charge in [-0.2, -0.15) is 0 Å². The molecule has 4 heteroatoms. The average Bonchev–Trinajstić information content (AvgIpc) is 2.29. The Kier molecular flexibility index (Phi) is 5.94. The molecule has 1 aromatic carbocycles. The molecule has 0 spiro atoms. The molecule has 1 rings (SSSR count). The van der Waals surface area contributed by atoms with Crippen molar-refractivity contribution in [1.29, 1.82) is 0 Å². The SMILES string of the molecule is CN(C)CCN(C)CCNc1ccc(F)cc1. The zero-order chi connectivity index (χ0) is 12.7. The molecule has 0 atom stereocenters. The van der Waals surface area contributed by atoms with Crippen LogP contribution in [0.25, 0.3) is 0 Å². The molecule has 0 heterocycles. The first-order valence-electron chi connectivity index (χ1n) is 5.90. The fourth-order valence-electron chi connectivity index (χ4n) is 1.44. The van der Waals surface area contributed by atoms with Crippen molar-refractivity contribution < 1.29 is 4.39 Å². The topological polar surface area (TPSA) is 18.5 Å². The Bertz CT molecular complexity index is 311. The van der Waals surface area contributed by atoms with Crippen molar-refractivity contribution in [1.82, 2.24) is 9.80 Å². The fourth-order valence-corrected chi connectivity index (χ4v) is 1.44. The van der Waals surface area contributed by atoms with Crippen LogP contribution in [0.1, 0.15) is 0 Å². The van der Waals surface area contributed by atoms with Crippen molar-refractivity contribution in [3.63, 3.8) is 0 Å². The molecular formula is C13H22FN3. The first kappa shape index (κ1) is 13.9. The van der Waals surface area contributed by atoms with Crippen LogP contribution in [-0.2, 0) is 0 Å². The maximum Gasteiger partial charge on any atom is 0.123 e. The van der Waals surface area contributed by atoms with Crippen molar-refractivity contribution in [2.45, 2.75) is 0 Å². The molecule has 96 valence electrons. The first-order chi connectivity index (χ1) is 8.08. The molecular weight excluding hydrogens is 217 g/mol. The average molecular weight is 239 g/mol. The maximum atomic E-state index is 12.7. The van der Waals surface area contributed by atoms with E-state index < -0.39 is 0 Å². The predicted molar refractivity (Wildman–Crippen MR) is 70.9 cm³/mol. The standard InChI is InChI=1S/C13H22FN3/c1-16(2)10-11-17(3)9-8-15-13-6-4-12(14)5-7-13/h4-7,15H,8-11H2,1-3H3. The number of rotatable bonds is 7. The van der Waals surface area contributed by atoms with E-state index in [0.717, 1.165) is 31.9 Å². The van der Waals surface area contributed by atoms with Crippen LogP contribution in [-0.4, -0.2) is 57.1 Å². The van der Waals surface area contributed by atoms with E-state index in [1.165, 1.54) is 12.1 Å². The van der Waals surface area contributed by atoms with Crippen LogP contribution in [0.2, 0.25) is 0 Å². The highest BCUT2D eigenvalue weighted by molar-refractivity contribution is 5.42. The highest BCUT2D eigenvalue weighted by Gasteiger charge is 1.99. The van der Waals surface area contributed by atoms with Gasteiger partial charge in [0.15, 0.2) is 0 Å². The van der Waals surface area contributed by atoms with Crippen molar-refractivity contribution >= 4 is 5.69 Å². The van der Waals surface area contributed by atoms with Gasteiger partial charge in [0.05, 0.1) is 0 Å². The molecule has 0 radical (unpaired) electrons. The maximum absolute atomic E-state index is 12.7. The molecule has 0 unspecified atom stereocenters. The van der Waals surface area contributed by atoms with Gasteiger partial charge in [-0.15, -0.1) is 0 Å². The molecule has 0 aromatic heterocycles. The van der Waals surface area contributed by atoms with Gasteiger partial charge in [0, 0.05) is 31.9 Å². The van der Waals surface area contributed by atoms with Gasteiger partial charge in [-0.1, -0.05) is 0 Å². The van der Waals surface area contributed by atoms with Gasteiger partial charge in [-0.05, 0) is 45.4 Å². The van der Waals surface area contributed by atoms with E-state index in [1.54, 1.807) is 12.1 Å². The Morgan fingerprint density at radius 3 is 2.24 bits per heavy atom. The van der Waals surface area contributed by atoms with Crippen molar-refractivity contribution in [2.75, 3.05) is 52.6 Å². The lowest BCUT2D eigenvalue weighted by atomic mass is 10.3. The number of benzene rings is 1. The minimum atomic E-state index is -0.196. The summed E-state index contributed by atoms with van der Waals surface area (Å²) in [6.07, 6.45) is 0. The number of nitrogens with one attached hydrogen (secondary N) is 1. The number of anilines is 1. The van der Waals surface area contributed by atoms with E-state index in [2.05, 4.69) is 36.3 Å². The summed E-state index contributed by atoms with van der Waals surface area (Å²) in [6, 6.07) is 6.46. The molecule has 1 aromatic rings. The Labute approximate surface area is 103 Å². The largest absolute Gasteiger partial charge is 0.384 e. The highest BCUT2D eigenvalue weighted by atomic mass is 19.1. The van der Waals surface area contributed by atoms with E-state index in [-0.39, 0.29) is 5.82 Å². The van der Waals surface area contributed by atoms with Crippen LogP contribution < -0.4 is 5.32 Å². The third kappa shape index (κ3) is 6.24. The van der Waals surface area contributed by atoms with Gasteiger partial charge < -0.3 is 15.1 Å². The van der Waals surface area contributed by atoms with Gasteiger partial charge in [0.1, 0.15) is 5.82 Å². The van der Waals surface area contributed by atoms with Crippen molar-refractivity contribution in [3.05, 3.63) is 30.1 Å². The van der Waals surface area contributed by atoms with Crippen LogP contribution in [0.3, 0.4) is 0 Å². The van der Waals surface area contributed by atoms with Crippen molar-refractivity contribution in [2.24, 2.45) is 0 Å². The van der Waals surface area contributed by atoms with Crippen molar-refractivity contribution in [3.8, 4) is 0 Å². The molecule has 0 fully saturated rings. The molecule has 0 saturated heterocycles. The summed E-state index contributed by atoms with van der Waals surface area (Å²) in [4.78, 5) is 4.44. The summed E-state index contributed by atoms with van der Waals surface area (Å²) < 4.78 is 12.7. The second-order valence-electron chi connectivity index (χ2n) is 4.54. The van der Waals surface area contributed by atoms with E-state index in [9.17, 15) is 4.39 Å². The minimum Gasteiger partial charge on any atom is -0.384 e. The van der Waals surface area contributed by atoms with Crippen LogP contribution in [0.5, 0.6) is 0 Å². The first-order valence-corrected chi connectivity index (χ1v) is 5.90. The Morgan fingerprint density at radius 2 is 1.65 bits per heavy atom. The second kappa shape index (κ2) is 7.25. The number of likely N-dealkylation sites (N-methyl/N-ethyl adjacent to an activating group) is 2. The minimum absolute atomic E-state index is 0.196. The summed E-state index contributed by atoms with van der Waals surface area (Å²) in [7, 11) is 6.26. The van der Waals surface area contributed by atoms with E-state index in [4.69, 9.17) is 0 Å². The summed E-state index contributed by atoms with van der Waals surface area (Å²) >= 11 is 0. The lowest BCUT2D eigenvalue weighted by Crippen LogP contribution is -2.32. The Balaban J connectivity index is 2.16. The van der Waals surface area contributed by atoms with Gasteiger partial charge >= 0.3 is 0 Å². The van der Waals surface area contributed by atoms with E-state index in [1.807, 2.05) is 0 Å². The molecule has 0 bridgehead atoms. The lowest BCUT2D eigenvalue weighted by molar-refractivity contribution is 0.289. The zero-order valence-corrected chi connectivity index (χ0v) is 10.9.